The minimum atomic E-state index is -4.93. The van der Waals surface area contributed by atoms with Crippen LogP contribution in [0.25, 0.3) is 22.9 Å². The number of benzene rings is 6. The number of rotatable bonds is 12. The number of hydrogen-bond acceptors (Lipinski definition) is 14. The molecule has 5 N–H and O–H groups in total. The monoisotopic (exact) mass is 858 g/mol. The summed E-state index contributed by atoms with van der Waals surface area (Å²) in [4.78, 5) is 8.12. The predicted octanol–water partition coefficient (Wildman–Crippen LogP) is 9.56. The van der Waals surface area contributed by atoms with Crippen molar-refractivity contribution in [2.24, 2.45) is 20.5 Å². The quantitative estimate of drug-likeness (QED) is 0.0252. The predicted molar refractivity (Wildman–Crippen MR) is 218 cm³/mol. The van der Waals surface area contributed by atoms with E-state index in [1.807, 2.05) is 30.3 Å². The first-order valence-corrected chi connectivity index (χ1v) is 21.1. The number of azo groups is 2. The molecule has 0 heterocycles. The van der Waals surface area contributed by atoms with E-state index in [2.05, 4.69) is 25.8 Å². The van der Waals surface area contributed by atoms with E-state index >= 15 is 0 Å². The van der Waals surface area contributed by atoms with E-state index in [4.69, 9.17) is 0 Å². The first-order chi connectivity index (χ1) is 27.7. The number of nitrogens with zero attached hydrogens (tertiary/aromatic N) is 5. The fourth-order valence-electron chi connectivity index (χ4n) is 5.75. The fourth-order valence-corrected chi connectivity index (χ4v) is 7.82. The van der Waals surface area contributed by atoms with Gasteiger partial charge >= 0.3 is 0 Å². The number of nitro groups is 1. The highest BCUT2D eigenvalue weighted by Crippen LogP contribution is 2.43. The molecule has 0 amide bonds. The molecular weight excluding hydrogens is 829 g/mol. The highest BCUT2D eigenvalue weighted by atomic mass is 32.2. The number of aromatic hydroxyl groups is 1. The highest BCUT2D eigenvalue weighted by molar-refractivity contribution is 7.86. The molecule has 0 aliphatic rings. The number of anilines is 2. The molecule has 0 radical (unpaired) electrons. The Labute approximate surface area is 336 Å². The van der Waals surface area contributed by atoms with Gasteiger partial charge in [0.25, 0.3) is 36.0 Å². The molecule has 0 aliphatic heterocycles. The highest BCUT2D eigenvalue weighted by Gasteiger charge is 2.23. The Morgan fingerprint density at radius 3 is 1.75 bits per heavy atom. The number of phenols is 1. The molecular formula is C38H30N6O12S3. The van der Waals surface area contributed by atoms with Gasteiger partial charge < -0.3 is 10.4 Å². The Morgan fingerprint density at radius 2 is 1.17 bits per heavy atom. The molecule has 0 saturated heterocycles. The lowest BCUT2D eigenvalue weighted by Crippen LogP contribution is -2.02. The van der Waals surface area contributed by atoms with Crippen molar-refractivity contribution in [3.05, 3.63) is 135 Å². The summed E-state index contributed by atoms with van der Waals surface area (Å²) >= 11 is 0. The molecule has 6 aromatic carbocycles. The molecule has 302 valence electrons. The van der Waals surface area contributed by atoms with Gasteiger partial charge in [0.05, 0.1) is 22.0 Å². The van der Waals surface area contributed by atoms with E-state index in [0.29, 0.717) is 34.0 Å². The number of hydrogen-bond donors (Lipinski definition) is 5. The van der Waals surface area contributed by atoms with Gasteiger partial charge in [-0.05, 0) is 108 Å². The van der Waals surface area contributed by atoms with Crippen LogP contribution < -0.4 is 5.32 Å². The Kier molecular flexibility index (Phi) is 11.5. The third kappa shape index (κ3) is 9.69. The van der Waals surface area contributed by atoms with Crippen molar-refractivity contribution in [3.8, 4) is 5.75 Å². The zero-order valence-corrected chi connectivity index (χ0v) is 32.9. The smallest absolute Gasteiger partial charge is 0.296 e. The SMILES string of the molecule is Cc1cc(N=Nc2c(S(=O)(=O)O)cc3cc(Nc4ccccc4)ccc3c2O)c(C)cc1N=Nc1ccc(/C=C\c2ccc([N+](=O)[O-])cc2S(=O)(=O)O)c(S(=O)(=O)O)c1. The third-order valence-corrected chi connectivity index (χ3v) is 11.3. The summed E-state index contributed by atoms with van der Waals surface area (Å²) in [6.45, 7) is 3.27. The maximum absolute atomic E-state index is 12.5. The fraction of sp³-hybridized carbons (Fsp3) is 0.0526. The molecule has 0 atom stereocenters. The normalized spacial score (nSPS) is 12.6. The number of fused-ring (bicyclic) bond motifs is 1. The van der Waals surface area contributed by atoms with Crippen molar-refractivity contribution in [2.45, 2.75) is 28.5 Å². The lowest BCUT2D eigenvalue weighted by Gasteiger charge is -2.12. The second-order valence-electron chi connectivity index (χ2n) is 12.8. The van der Waals surface area contributed by atoms with Crippen molar-refractivity contribution in [2.75, 3.05) is 5.32 Å². The topological polar surface area (TPSA) is 288 Å². The summed E-state index contributed by atoms with van der Waals surface area (Å²) in [5.41, 5.74) is 1.35. The van der Waals surface area contributed by atoms with Crippen molar-refractivity contribution in [1.29, 1.82) is 0 Å². The van der Waals surface area contributed by atoms with Gasteiger partial charge in [0, 0.05) is 28.9 Å². The van der Waals surface area contributed by atoms with E-state index in [1.54, 1.807) is 38.1 Å². The van der Waals surface area contributed by atoms with Crippen molar-refractivity contribution in [3.63, 3.8) is 0 Å². The van der Waals surface area contributed by atoms with Crippen LogP contribution in [-0.2, 0) is 30.4 Å². The summed E-state index contributed by atoms with van der Waals surface area (Å²) in [6, 6.07) is 24.5. The number of para-hydroxylation sites is 1. The summed E-state index contributed by atoms with van der Waals surface area (Å²) in [6.07, 6.45) is 2.19. The van der Waals surface area contributed by atoms with Crippen LogP contribution in [0.5, 0.6) is 5.75 Å². The van der Waals surface area contributed by atoms with Crippen molar-refractivity contribution < 1.29 is 48.9 Å². The average molecular weight is 859 g/mol. The van der Waals surface area contributed by atoms with Crippen LogP contribution in [0.1, 0.15) is 22.3 Å². The van der Waals surface area contributed by atoms with E-state index < -0.39 is 67.1 Å². The number of nitrogens with one attached hydrogen (secondary N) is 1. The van der Waals surface area contributed by atoms with Gasteiger partial charge in [0.1, 0.15) is 20.4 Å². The molecule has 0 aromatic heterocycles. The molecule has 0 aliphatic carbocycles. The minimum Gasteiger partial charge on any atom is -0.505 e. The lowest BCUT2D eigenvalue weighted by atomic mass is 10.1. The first-order valence-electron chi connectivity index (χ1n) is 16.8. The van der Waals surface area contributed by atoms with Gasteiger partial charge in [-0.2, -0.15) is 40.6 Å². The number of non-ortho nitro benzene ring substituents is 1. The molecule has 0 fully saturated rings. The first kappa shape index (κ1) is 41.9. The Morgan fingerprint density at radius 1 is 0.610 bits per heavy atom. The largest absolute Gasteiger partial charge is 0.505 e. The van der Waals surface area contributed by atoms with Gasteiger partial charge in [-0.3, -0.25) is 23.8 Å². The molecule has 0 bridgehead atoms. The van der Waals surface area contributed by atoms with Crippen LogP contribution >= 0.6 is 0 Å². The van der Waals surface area contributed by atoms with Crippen LogP contribution in [0.15, 0.2) is 138 Å². The van der Waals surface area contributed by atoms with Crippen LogP contribution in [0.4, 0.5) is 39.8 Å². The van der Waals surface area contributed by atoms with Crippen molar-refractivity contribution >= 4 is 93.1 Å². The zero-order chi connectivity index (χ0) is 42.9. The van der Waals surface area contributed by atoms with Crippen LogP contribution in [0.2, 0.25) is 0 Å². The minimum absolute atomic E-state index is 0.0305. The van der Waals surface area contributed by atoms with E-state index in [-0.39, 0.29) is 27.9 Å². The summed E-state index contributed by atoms with van der Waals surface area (Å²) in [5, 5.41) is 42.4. The van der Waals surface area contributed by atoms with Gasteiger partial charge in [0.2, 0.25) is 0 Å². The second-order valence-corrected chi connectivity index (χ2v) is 17.0. The van der Waals surface area contributed by atoms with E-state index in [1.165, 1.54) is 24.3 Å². The molecule has 6 rings (SSSR count). The van der Waals surface area contributed by atoms with Crippen LogP contribution in [-0.4, -0.2) is 48.9 Å². The Hall–Kier alpha value is -6.75. The van der Waals surface area contributed by atoms with Gasteiger partial charge in [-0.1, -0.05) is 36.4 Å². The summed E-state index contributed by atoms with van der Waals surface area (Å²) in [5.74, 6) is -0.537. The van der Waals surface area contributed by atoms with E-state index in [9.17, 15) is 54.1 Å². The third-order valence-electron chi connectivity index (χ3n) is 8.64. The van der Waals surface area contributed by atoms with Gasteiger partial charge in [-0.25, -0.2) is 0 Å². The molecule has 6 aromatic rings. The van der Waals surface area contributed by atoms with Crippen LogP contribution in [0, 0.1) is 24.0 Å². The molecule has 0 saturated carbocycles. The number of aryl methyl sites for hydroxylation is 2. The molecule has 0 spiro atoms. The number of phenolic OH excluding ortho intramolecular Hbond substituents is 1. The van der Waals surface area contributed by atoms with E-state index in [0.717, 1.165) is 36.0 Å². The molecule has 0 unspecified atom stereocenters. The maximum Gasteiger partial charge on any atom is 0.296 e. The van der Waals surface area contributed by atoms with Crippen molar-refractivity contribution in [1.82, 2.24) is 0 Å². The number of nitro benzene ring substituents is 1. The summed E-state index contributed by atoms with van der Waals surface area (Å²) < 4.78 is 103. The lowest BCUT2D eigenvalue weighted by molar-refractivity contribution is -0.385. The molecule has 59 heavy (non-hydrogen) atoms. The van der Waals surface area contributed by atoms with Gasteiger partial charge in [0.15, 0.2) is 5.75 Å². The Balaban J connectivity index is 1.28. The standard InChI is InChI=1S/C38H30N6O12S3/c1-22-17-33(42-43-37-36(59(54,55)56)19-26-18-28(13-15-31(26)38(37)45)39-27-6-4-3-5-7-27)23(2)16-32(22)41-40-29-12-10-24(34(20-29)57(48,49)50)8-9-25-11-14-30(44(46)47)21-35(25)58(51,52)53/h3-21,39,45H,1-2H3,(H,48,49,50)(H,51,52,53)(H,54,55,56)/b9-8-,41-40?,43-42?. The maximum atomic E-state index is 12.5. The second kappa shape index (κ2) is 16.2. The van der Waals surface area contributed by atoms with Gasteiger partial charge in [-0.15, -0.1) is 5.11 Å². The summed E-state index contributed by atoms with van der Waals surface area (Å²) in [7, 11) is -14.7. The van der Waals surface area contributed by atoms with Crippen LogP contribution in [0.3, 0.4) is 0 Å². The average Bonchev–Trinajstić information content (AvgIpc) is 3.16. The molecule has 21 heteroatoms. The Bertz CT molecular complexity index is 3120. The zero-order valence-electron chi connectivity index (χ0n) is 30.5. The molecule has 18 nitrogen and oxygen atoms in total.